The van der Waals surface area contributed by atoms with E-state index in [-0.39, 0.29) is 18.0 Å². The largest absolute Gasteiger partial charge is 0.491 e. The molecule has 1 rings (SSSR count). The van der Waals surface area contributed by atoms with Crippen LogP contribution in [0.15, 0.2) is 34.3 Å². The van der Waals surface area contributed by atoms with E-state index in [4.69, 9.17) is 10.3 Å². The monoisotopic (exact) mass is 273 g/mol. The zero-order valence-electron chi connectivity index (χ0n) is 9.65. The lowest BCUT2D eigenvalue weighted by atomic mass is 10.3. The lowest BCUT2D eigenvalue weighted by Crippen LogP contribution is -2.15. The van der Waals surface area contributed by atoms with Crippen molar-refractivity contribution in [3.63, 3.8) is 0 Å². The molecule has 0 saturated carbocycles. The maximum absolute atomic E-state index is 13.1. The van der Waals surface area contributed by atoms with E-state index in [2.05, 4.69) is 10.0 Å². The van der Waals surface area contributed by atoms with Crippen LogP contribution in [0, 0.1) is 0 Å². The van der Waals surface area contributed by atoms with E-state index >= 15 is 0 Å². The fourth-order valence-electron chi connectivity index (χ4n) is 1.15. The molecule has 0 aliphatic heterocycles. The summed E-state index contributed by atoms with van der Waals surface area (Å²) in [5.41, 5.74) is 8.00. The number of alkyl halides is 1. The summed E-state index contributed by atoms with van der Waals surface area (Å²) in [4.78, 5) is 2.60. The standard InChI is InChI=1S/C10H12FN3O3S/c1-18(15,16)10-4-2-9(3-5-10)17-7-8(11)6-13-14-12/h2-5,8H,6-7H2,1H3/t8-/m1/s1. The molecule has 0 unspecified atom stereocenters. The van der Waals surface area contributed by atoms with Gasteiger partial charge in [0.15, 0.2) is 9.84 Å². The summed E-state index contributed by atoms with van der Waals surface area (Å²) in [6, 6.07) is 5.64. The lowest BCUT2D eigenvalue weighted by molar-refractivity contribution is 0.201. The maximum atomic E-state index is 13.1. The normalized spacial score (nSPS) is 12.6. The van der Waals surface area contributed by atoms with Crippen molar-refractivity contribution in [2.45, 2.75) is 11.1 Å². The summed E-state index contributed by atoms with van der Waals surface area (Å²) in [5.74, 6) is 0.353. The fourth-order valence-corrected chi connectivity index (χ4v) is 1.78. The molecule has 18 heavy (non-hydrogen) atoms. The highest BCUT2D eigenvalue weighted by atomic mass is 32.2. The van der Waals surface area contributed by atoms with Gasteiger partial charge in [0.2, 0.25) is 0 Å². The van der Waals surface area contributed by atoms with Crippen LogP contribution in [0.25, 0.3) is 10.4 Å². The molecule has 1 aromatic carbocycles. The van der Waals surface area contributed by atoms with Gasteiger partial charge in [-0.25, -0.2) is 12.8 Å². The zero-order chi connectivity index (χ0) is 13.6. The summed E-state index contributed by atoms with van der Waals surface area (Å²) in [7, 11) is -3.25. The van der Waals surface area contributed by atoms with Gasteiger partial charge in [-0.3, -0.25) is 0 Å². The Bertz CT molecular complexity index is 538. The molecule has 0 amide bonds. The van der Waals surface area contributed by atoms with Crippen molar-refractivity contribution in [1.29, 1.82) is 0 Å². The molecule has 0 aromatic heterocycles. The van der Waals surface area contributed by atoms with E-state index in [1.807, 2.05) is 0 Å². The summed E-state index contributed by atoms with van der Waals surface area (Å²) < 4.78 is 40.5. The molecule has 8 heteroatoms. The molecule has 6 nitrogen and oxygen atoms in total. The van der Waals surface area contributed by atoms with Gasteiger partial charge < -0.3 is 4.74 Å². The molecule has 0 spiro atoms. The van der Waals surface area contributed by atoms with Crippen molar-refractivity contribution in [3.8, 4) is 5.75 Å². The third-order valence-corrected chi connectivity index (χ3v) is 3.15. The van der Waals surface area contributed by atoms with Gasteiger partial charge in [0, 0.05) is 11.2 Å². The topological polar surface area (TPSA) is 92.1 Å². The zero-order valence-corrected chi connectivity index (χ0v) is 10.5. The van der Waals surface area contributed by atoms with Gasteiger partial charge in [-0.1, -0.05) is 5.11 Å². The highest BCUT2D eigenvalue weighted by molar-refractivity contribution is 7.90. The Kier molecular flexibility index (Phi) is 4.94. The second kappa shape index (κ2) is 6.23. The van der Waals surface area contributed by atoms with Crippen LogP contribution in [0.3, 0.4) is 0 Å². The summed E-state index contributed by atoms with van der Waals surface area (Å²) in [6.07, 6.45) is -0.295. The summed E-state index contributed by atoms with van der Waals surface area (Å²) in [5, 5.41) is 3.08. The Morgan fingerprint density at radius 1 is 1.44 bits per heavy atom. The van der Waals surface area contributed by atoms with E-state index in [0.29, 0.717) is 5.75 Å². The minimum Gasteiger partial charge on any atom is -0.491 e. The van der Waals surface area contributed by atoms with Gasteiger partial charge >= 0.3 is 0 Å². The van der Waals surface area contributed by atoms with Crippen LogP contribution in [0.2, 0.25) is 0 Å². The second-order valence-electron chi connectivity index (χ2n) is 3.57. The Labute approximate surface area is 104 Å². The molecule has 0 fully saturated rings. The predicted molar refractivity (Wildman–Crippen MR) is 64.0 cm³/mol. The van der Waals surface area contributed by atoms with Crippen molar-refractivity contribution < 1.29 is 17.5 Å². The molecule has 0 N–H and O–H groups in total. The first-order valence-electron chi connectivity index (χ1n) is 5.01. The quantitative estimate of drug-likeness (QED) is 0.451. The molecule has 1 atom stereocenters. The SMILES string of the molecule is CS(=O)(=O)c1ccc(OC[C@H](F)CN=[N+]=[N-])cc1. The minimum absolute atomic E-state index is 0.167. The molecular weight excluding hydrogens is 261 g/mol. The van der Waals surface area contributed by atoms with E-state index in [1.165, 1.54) is 24.3 Å². The first-order valence-corrected chi connectivity index (χ1v) is 6.90. The molecule has 0 aliphatic carbocycles. The predicted octanol–water partition coefficient (Wildman–Crippen LogP) is 2.12. The van der Waals surface area contributed by atoms with Crippen LogP contribution in [0.5, 0.6) is 5.75 Å². The molecule has 98 valence electrons. The number of benzene rings is 1. The van der Waals surface area contributed by atoms with Gasteiger partial charge in [0.1, 0.15) is 18.5 Å². The Morgan fingerprint density at radius 2 is 2.06 bits per heavy atom. The number of azide groups is 1. The Morgan fingerprint density at radius 3 is 2.56 bits per heavy atom. The number of nitrogens with zero attached hydrogens (tertiary/aromatic N) is 3. The van der Waals surface area contributed by atoms with Gasteiger partial charge in [0.05, 0.1) is 11.4 Å². The molecule has 0 radical (unpaired) electrons. The van der Waals surface area contributed by atoms with Crippen LogP contribution in [-0.4, -0.2) is 34.0 Å². The van der Waals surface area contributed by atoms with E-state index < -0.39 is 16.0 Å². The van der Waals surface area contributed by atoms with Gasteiger partial charge in [-0.15, -0.1) is 0 Å². The third kappa shape index (κ3) is 4.60. The van der Waals surface area contributed by atoms with Gasteiger partial charge in [-0.2, -0.15) is 0 Å². The maximum Gasteiger partial charge on any atom is 0.175 e. The summed E-state index contributed by atoms with van der Waals surface area (Å²) in [6.45, 7) is -0.546. The van der Waals surface area contributed by atoms with E-state index in [9.17, 15) is 12.8 Å². The molecule has 0 saturated heterocycles. The van der Waals surface area contributed by atoms with Crippen LogP contribution in [0.1, 0.15) is 0 Å². The average molecular weight is 273 g/mol. The number of rotatable bonds is 6. The van der Waals surface area contributed by atoms with E-state index in [0.717, 1.165) is 6.26 Å². The number of ether oxygens (including phenoxy) is 1. The van der Waals surface area contributed by atoms with Crippen molar-refractivity contribution >= 4 is 9.84 Å². The van der Waals surface area contributed by atoms with Crippen LogP contribution in [-0.2, 0) is 9.84 Å². The minimum atomic E-state index is -3.25. The van der Waals surface area contributed by atoms with Crippen molar-refractivity contribution in [2.24, 2.45) is 5.11 Å². The third-order valence-electron chi connectivity index (χ3n) is 2.03. The second-order valence-corrected chi connectivity index (χ2v) is 5.58. The number of hydrogen-bond acceptors (Lipinski definition) is 4. The first-order chi connectivity index (χ1) is 8.43. The first kappa shape index (κ1) is 14.3. The molecule has 0 heterocycles. The summed E-state index contributed by atoms with van der Waals surface area (Å²) >= 11 is 0. The number of hydrogen-bond donors (Lipinski definition) is 0. The smallest absolute Gasteiger partial charge is 0.175 e. The number of sulfone groups is 1. The van der Waals surface area contributed by atoms with Crippen molar-refractivity contribution in [3.05, 3.63) is 34.7 Å². The Balaban J connectivity index is 2.57. The fraction of sp³-hybridized carbons (Fsp3) is 0.400. The number of halogens is 1. The van der Waals surface area contributed by atoms with Gasteiger partial charge in [0.25, 0.3) is 0 Å². The highest BCUT2D eigenvalue weighted by Gasteiger charge is 2.08. The molecule has 0 bridgehead atoms. The molecular formula is C10H12FN3O3S. The van der Waals surface area contributed by atoms with Crippen LogP contribution < -0.4 is 4.74 Å². The van der Waals surface area contributed by atoms with Crippen LogP contribution >= 0.6 is 0 Å². The van der Waals surface area contributed by atoms with Crippen molar-refractivity contribution in [1.82, 2.24) is 0 Å². The molecule has 0 aliphatic rings. The highest BCUT2D eigenvalue weighted by Crippen LogP contribution is 2.16. The van der Waals surface area contributed by atoms with Gasteiger partial charge in [-0.05, 0) is 29.8 Å². The van der Waals surface area contributed by atoms with Crippen molar-refractivity contribution in [2.75, 3.05) is 19.4 Å². The molecule has 1 aromatic rings. The van der Waals surface area contributed by atoms with E-state index in [1.54, 1.807) is 0 Å². The van der Waals surface area contributed by atoms with Crippen LogP contribution in [0.4, 0.5) is 4.39 Å². The Hall–Kier alpha value is -1.79. The lowest BCUT2D eigenvalue weighted by Gasteiger charge is -2.08. The average Bonchev–Trinajstić information content (AvgIpc) is 2.33.